The lowest BCUT2D eigenvalue weighted by Crippen LogP contribution is -2.32. The number of benzene rings is 12. The van der Waals surface area contributed by atoms with Gasteiger partial charge in [-0.15, -0.1) is 0 Å². The van der Waals surface area contributed by atoms with Crippen LogP contribution in [-0.2, 0) is 16.2 Å². The third-order valence-corrected chi connectivity index (χ3v) is 19.0. The molecule has 2 aliphatic heterocycles. The van der Waals surface area contributed by atoms with Gasteiger partial charge in [0.05, 0.1) is 21.9 Å². The number of ether oxygens (including phenoxy) is 1. The lowest BCUT2D eigenvalue weighted by molar-refractivity contribution is 0.436. The summed E-state index contributed by atoms with van der Waals surface area (Å²) in [4.78, 5) is 5.18. The fourth-order valence-electron chi connectivity index (χ4n) is 15.1. The SMILES string of the molecule is c1ccc(C2(c3ccccc3)c3ccccc3-c3ccc(N(c4ccc5c(c4)C4(c6ccccc6Sc6ccccc64)c4ccccc4-5)c4cccc5c4-c4ccccc4C54c5ccccc5Oc5ccccc54)cc32)cc1. The first-order valence-corrected chi connectivity index (χ1v) is 27.9. The highest BCUT2D eigenvalue weighted by Gasteiger charge is 2.54. The molecular formula is C75H47NOS. The minimum absolute atomic E-state index is 0.563. The van der Waals surface area contributed by atoms with E-state index in [-0.39, 0.29) is 0 Å². The van der Waals surface area contributed by atoms with Crippen molar-refractivity contribution in [2.75, 3.05) is 4.90 Å². The van der Waals surface area contributed by atoms with Crippen LogP contribution < -0.4 is 9.64 Å². The van der Waals surface area contributed by atoms with E-state index in [1.165, 1.54) is 98.8 Å². The van der Waals surface area contributed by atoms with Gasteiger partial charge in [0.15, 0.2) is 0 Å². The van der Waals surface area contributed by atoms with Crippen LogP contribution in [0.1, 0.15) is 66.8 Å². The van der Waals surface area contributed by atoms with E-state index in [4.69, 9.17) is 4.74 Å². The summed E-state index contributed by atoms with van der Waals surface area (Å²) in [5, 5.41) is 0. The Morgan fingerprint density at radius 2 is 0.654 bits per heavy atom. The second-order valence-corrected chi connectivity index (χ2v) is 22.4. The smallest absolute Gasteiger partial charge is 0.132 e. The average molecular weight is 1010 g/mol. The minimum atomic E-state index is -0.648. The number of hydrogen-bond donors (Lipinski definition) is 0. The molecule has 0 aromatic heterocycles. The van der Waals surface area contributed by atoms with Crippen LogP contribution in [0.25, 0.3) is 33.4 Å². The van der Waals surface area contributed by atoms with Gasteiger partial charge in [-0.25, -0.2) is 0 Å². The van der Waals surface area contributed by atoms with Gasteiger partial charge in [0.2, 0.25) is 0 Å². The highest BCUT2D eigenvalue weighted by atomic mass is 32.2. The Balaban J connectivity index is 0.994. The molecule has 3 heteroatoms. The van der Waals surface area contributed by atoms with Crippen molar-refractivity contribution < 1.29 is 4.74 Å². The Morgan fingerprint density at radius 3 is 1.21 bits per heavy atom. The number of para-hydroxylation sites is 2. The molecule has 2 nitrogen and oxygen atoms in total. The van der Waals surface area contributed by atoms with E-state index in [1.54, 1.807) is 0 Å². The molecule has 3 aliphatic carbocycles. The van der Waals surface area contributed by atoms with Gasteiger partial charge < -0.3 is 9.64 Å². The van der Waals surface area contributed by atoms with Crippen molar-refractivity contribution in [1.29, 1.82) is 0 Å². The number of hydrogen-bond acceptors (Lipinski definition) is 3. The minimum Gasteiger partial charge on any atom is -0.457 e. The lowest BCUT2D eigenvalue weighted by atomic mass is 9.66. The predicted octanol–water partition coefficient (Wildman–Crippen LogP) is 18.8. The van der Waals surface area contributed by atoms with Gasteiger partial charge in [-0.2, -0.15) is 0 Å². The maximum atomic E-state index is 6.83. The standard InChI is InChI=1S/C75H47NOS/c1-3-22-48(23-4-1)73(49-24-5-2-6-25-49)57-29-10-7-26-52(57)54-44-42-50(46-65(54)73)76(51-43-45-55-53-27-8-11-30-58(53)75(66(55)47-51)62-34-15-19-40-70(62)78-71-41-20-16-35-63(71)75)67-37-21-36-64-72(67)56-28-9-12-31-59(56)74(64)60-32-13-17-38-68(60)77-69-39-18-14-33-61(69)74/h1-47H. The van der Waals surface area contributed by atoms with Crippen LogP contribution in [0.15, 0.2) is 295 Å². The van der Waals surface area contributed by atoms with Crippen LogP contribution in [0.5, 0.6) is 11.5 Å². The van der Waals surface area contributed by atoms with Crippen molar-refractivity contribution in [1.82, 2.24) is 0 Å². The third-order valence-electron chi connectivity index (χ3n) is 17.9. The summed E-state index contributed by atoms with van der Waals surface area (Å²) in [5.74, 6) is 1.76. The molecule has 0 bridgehead atoms. The predicted molar refractivity (Wildman–Crippen MR) is 317 cm³/mol. The first-order valence-electron chi connectivity index (χ1n) is 27.1. The van der Waals surface area contributed by atoms with E-state index in [1.807, 2.05) is 11.8 Å². The van der Waals surface area contributed by atoms with Crippen LogP contribution >= 0.6 is 11.8 Å². The van der Waals surface area contributed by atoms with Crippen molar-refractivity contribution in [2.24, 2.45) is 0 Å². The zero-order valence-corrected chi connectivity index (χ0v) is 43.2. The number of fused-ring (bicyclic) bond motifs is 21. The second-order valence-electron chi connectivity index (χ2n) is 21.3. The third kappa shape index (κ3) is 5.53. The highest BCUT2D eigenvalue weighted by molar-refractivity contribution is 7.99. The Bertz CT molecular complexity index is 4350. The Kier molecular flexibility index (Phi) is 9.15. The van der Waals surface area contributed by atoms with Gasteiger partial charge in [0, 0.05) is 37.9 Å². The summed E-state index contributed by atoms with van der Waals surface area (Å²) in [5.41, 5.74) is 24.0. The molecule has 5 aliphatic rings. The Hall–Kier alpha value is -9.41. The fourth-order valence-corrected chi connectivity index (χ4v) is 16.2. The number of rotatable bonds is 5. The quantitative estimate of drug-likeness (QED) is 0.170. The van der Waals surface area contributed by atoms with E-state index in [9.17, 15) is 0 Å². The van der Waals surface area contributed by atoms with Crippen molar-refractivity contribution in [3.05, 3.63) is 352 Å². The molecule has 17 rings (SSSR count). The summed E-state index contributed by atoms with van der Waals surface area (Å²) in [6, 6.07) is 107. The molecule has 0 saturated carbocycles. The van der Waals surface area contributed by atoms with Crippen molar-refractivity contribution in [3.8, 4) is 44.9 Å². The summed E-state index contributed by atoms with van der Waals surface area (Å²) in [7, 11) is 0. The van der Waals surface area contributed by atoms with E-state index < -0.39 is 16.2 Å². The molecule has 2 heterocycles. The molecule has 0 saturated heterocycles. The topological polar surface area (TPSA) is 12.5 Å². The number of anilines is 3. The van der Waals surface area contributed by atoms with Crippen LogP contribution in [0, 0.1) is 0 Å². The first kappa shape index (κ1) is 43.8. The van der Waals surface area contributed by atoms with Crippen LogP contribution in [0.2, 0.25) is 0 Å². The summed E-state index contributed by atoms with van der Waals surface area (Å²) in [6.07, 6.45) is 0. The maximum absolute atomic E-state index is 6.83. The molecule has 12 aromatic carbocycles. The van der Waals surface area contributed by atoms with Gasteiger partial charge in [0.1, 0.15) is 11.5 Å². The Labute approximate surface area is 458 Å². The van der Waals surface area contributed by atoms with Gasteiger partial charge in [-0.1, -0.05) is 242 Å². The lowest BCUT2D eigenvalue weighted by Gasteiger charge is -2.40. The molecule has 364 valence electrons. The highest BCUT2D eigenvalue weighted by Crippen LogP contribution is 2.67. The fraction of sp³-hybridized carbons (Fsp3) is 0.0400. The van der Waals surface area contributed by atoms with Gasteiger partial charge >= 0.3 is 0 Å². The summed E-state index contributed by atoms with van der Waals surface area (Å²) >= 11 is 1.89. The van der Waals surface area contributed by atoms with Crippen molar-refractivity contribution in [3.63, 3.8) is 0 Å². The molecule has 0 fully saturated rings. The first-order chi connectivity index (χ1) is 38.7. The monoisotopic (exact) mass is 1010 g/mol. The molecule has 78 heavy (non-hydrogen) atoms. The van der Waals surface area contributed by atoms with E-state index in [2.05, 4.69) is 290 Å². The molecule has 0 radical (unpaired) electrons. The molecule has 0 atom stereocenters. The zero-order valence-electron chi connectivity index (χ0n) is 42.4. The molecular weight excluding hydrogens is 963 g/mol. The maximum Gasteiger partial charge on any atom is 0.132 e. The molecule has 0 unspecified atom stereocenters. The Morgan fingerprint density at radius 1 is 0.269 bits per heavy atom. The van der Waals surface area contributed by atoms with Crippen molar-refractivity contribution in [2.45, 2.75) is 26.0 Å². The molecule has 12 aromatic rings. The van der Waals surface area contributed by atoms with E-state index >= 15 is 0 Å². The second kappa shape index (κ2) is 16.3. The normalized spacial score (nSPS) is 15.0. The van der Waals surface area contributed by atoms with Gasteiger partial charge in [-0.05, 0) is 138 Å². The number of nitrogens with zero attached hydrogens (tertiary/aromatic N) is 1. The summed E-state index contributed by atoms with van der Waals surface area (Å²) < 4.78 is 6.83. The molecule has 0 amide bonds. The average Bonchev–Trinajstić information content (AvgIpc) is 3.87. The van der Waals surface area contributed by atoms with Gasteiger partial charge in [0.25, 0.3) is 0 Å². The largest absolute Gasteiger partial charge is 0.457 e. The van der Waals surface area contributed by atoms with Crippen LogP contribution in [-0.4, -0.2) is 0 Å². The van der Waals surface area contributed by atoms with E-state index in [0.717, 1.165) is 39.7 Å². The van der Waals surface area contributed by atoms with E-state index in [0.29, 0.717) is 0 Å². The van der Waals surface area contributed by atoms with Gasteiger partial charge in [-0.3, -0.25) is 0 Å². The molecule has 0 N–H and O–H groups in total. The van der Waals surface area contributed by atoms with Crippen LogP contribution in [0.3, 0.4) is 0 Å². The summed E-state index contributed by atoms with van der Waals surface area (Å²) in [6.45, 7) is 0. The molecule has 2 spiro atoms. The van der Waals surface area contributed by atoms with Crippen LogP contribution in [0.4, 0.5) is 17.1 Å². The van der Waals surface area contributed by atoms with Crippen molar-refractivity contribution >= 4 is 28.8 Å². The zero-order chi connectivity index (χ0) is 51.2.